The molecule has 4 saturated carbocycles. The molecule has 2 saturated heterocycles. The Morgan fingerprint density at radius 2 is 1.41 bits per heavy atom. The minimum Gasteiger partial charge on any atom is -0.496 e. The van der Waals surface area contributed by atoms with Crippen LogP contribution in [0.15, 0.2) is 42.5 Å². The lowest BCUT2D eigenvalue weighted by atomic mass is 9.48. The molecule has 3 heterocycles. The SMILES string of the molecule is COc1cccc(OC)c1-c1cc(C(=O)NC2(C(=O)O)C3CC4CC(C3)CC2C4)nn1-c1ccc(C(O)N(C)CCCN(C)CCCN(C)C2OC2CN2CCN(CC=O)CCN(CC(=O)O)CCN(CCO)CC2)cc1C(C)C. The summed E-state index contributed by atoms with van der Waals surface area (Å²) in [7, 11) is 9.32. The van der Waals surface area contributed by atoms with Crippen LogP contribution < -0.4 is 14.8 Å². The van der Waals surface area contributed by atoms with Gasteiger partial charge in [-0.15, -0.1) is 0 Å². The van der Waals surface area contributed by atoms with Crippen molar-refractivity contribution in [3.63, 3.8) is 0 Å². The van der Waals surface area contributed by atoms with E-state index in [1.807, 2.05) is 53.2 Å². The Morgan fingerprint density at radius 3 is 1.99 bits per heavy atom. The summed E-state index contributed by atoms with van der Waals surface area (Å²) in [5.74, 6) is -0.596. The number of hydrogen-bond donors (Lipinski definition) is 5. The van der Waals surface area contributed by atoms with E-state index < -0.39 is 29.6 Å². The lowest BCUT2D eigenvalue weighted by Gasteiger charge is -2.59. The molecule has 1 amide bonds. The van der Waals surface area contributed by atoms with E-state index in [0.29, 0.717) is 92.6 Å². The average Bonchev–Trinajstić information content (AvgIpc) is 4.18. The van der Waals surface area contributed by atoms with Gasteiger partial charge in [-0.1, -0.05) is 26.0 Å². The number of β-amino-alcohol motifs (C(OH)–C–C–N with tert-alkyl or cyclic N) is 1. The normalized spacial score (nSPS) is 25.5. The van der Waals surface area contributed by atoms with Crippen molar-refractivity contribution in [3.05, 3.63) is 59.3 Å². The minimum absolute atomic E-state index is 0.0223. The number of nitrogens with one attached hydrogen (secondary N) is 1. The first-order valence-electron chi connectivity index (χ1n) is 29.1. The molecule has 5 N–H and O–H groups in total. The number of amides is 1. The zero-order chi connectivity index (χ0) is 57.3. The Bertz CT molecular complexity index is 2510. The van der Waals surface area contributed by atoms with Gasteiger partial charge in [0.05, 0.1) is 50.9 Å². The van der Waals surface area contributed by atoms with Gasteiger partial charge in [0.15, 0.2) is 5.69 Å². The number of carbonyl (C=O) groups excluding carboxylic acids is 2. The number of aliphatic hydroxyl groups is 2. The van der Waals surface area contributed by atoms with E-state index >= 15 is 0 Å². The summed E-state index contributed by atoms with van der Waals surface area (Å²) < 4.78 is 19.7. The van der Waals surface area contributed by atoms with Gasteiger partial charge in [-0.2, -0.15) is 5.10 Å². The zero-order valence-corrected chi connectivity index (χ0v) is 48.4. The summed E-state index contributed by atoms with van der Waals surface area (Å²) in [6, 6.07) is 13.0. The maximum atomic E-state index is 14.5. The Balaban J connectivity index is 0.856. The van der Waals surface area contributed by atoms with Crippen LogP contribution in [0.3, 0.4) is 0 Å². The molecule has 2 aromatic carbocycles. The maximum Gasteiger partial charge on any atom is 0.330 e. The van der Waals surface area contributed by atoms with Gasteiger partial charge in [0.25, 0.3) is 5.91 Å². The fourth-order valence-corrected chi connectivity index (χ4v) is 13.6. The number of carbonyl (C=O) groups is 4. The largest absolute Gasteiger partial charge is 0.496 e. The van der Waals surface area contributed by atoms with Gasteiger partial charge in [-0.3, -0.25) is 39.0 Å². The van der Waals surface area contributed by atoms with Crippen LogP contribution in [-0.4, -0.2) is 253 Å². The maximum absolute atomic E-state index is 14.5. The monoisotopic (exact) mass is 1110 g/mol. The van der Waals surface area contributed by atoms with Gasteiger partial charge in [0, 0.05) is 78.5 Å². The first-order chi connectivity index (χ1) is 38.5. The van der Waals surface area contributed by atoms with E-state index in [2.05, 4.69) is 57.8 Å². The van der Waals surface area contributed by atoms with Crippen LogP contribution in [0, 0.1) is 23.7 Å². The van der Waals surface area contributed by atoms with Crippen LogP contribution >= 0.6 is 0 Å². The third-order valence-corrected chi connectivity index (χ3v) is 17.9. The molecule has 3 aromatic rings. The summed E-state index contributed by atoms with van der Waals surface area (Å²) >= 11 is 0. The Morgan fingerprint density at radius 1 is 0.812 bits per heavy atom. The summed E-state index contributed by atoms with van der Waals surface area (Å²) in [5.41, 5.74) is 2.19. The van der Waals surface area contributed by atoms with Gasteiger partial charge in [0.2, 0.25) is 0 Å². The molecule has 1 aromatic heterocycles. The number of rotatable bonds is 27. The number of aldehydes is 1. The number of ether oxygens (including phenoxy) is 3. The number of aliphatic hydroxyl groups excluding tert-OH is 2. The second-order valence-corrected chi connectivity index (χ2v) is 23.7. The molecule has 6 fully saturated rings. The topological polar surface area (TPSA) is 233 Å². The Labute approximate surface area is 472 Å². The van der Waals surface area contributed by atoms with Gasteiger partial charge in [-0.25, -0.2) is 9.48 Å². The van der Waals surface area contributed by atoms with Crippen molar-refractivity contribution in [3.8, 4) is 28.4 Å². The number of likely N-dealkylation sites (N-methyl/N-ethyl adjacent to an activating group) is 1. The van der Waals surface area contributed by atoms with Gasteiger partial charge >= 0.3 is 11.9 Å². The van der Waals surface area contributed by atoms with Gasteiger partial charge in [-0.05, 0) is 150 Å². The van der Waals surface area contributed by atoms with Crippen LogP contribution in [0.1, 0.15) is 92.6 Å². The highest BCUT2D eigenvalue weighted by Gasteiger charge is 2.62. The lowest BCUT2D eigenvalue weighted by Crippen LogP contribution is -2.70. The summed E-state index contributed by atoms with van der Waals surface area (Å²) in [6.07, 6.45) is 6.29. The summed E-state index contributed by atoms with van der Waals surface area (Å²) in [4.78, 5) is 66.1. The third kappa shape index (κ3) is 14.6. The lowest BCUT2D eigenvalue weighted by molar-refractivity contribution is -0.163. The fourth-order valence-electron chi connectivity index (χ4n) is 13.6. The molecule has 4 aliphatic carbocycles. The molecule has 21 heteroatoms. The van der Waals surface area contributed by atoms with Crippen molar-refractivity contribution >= 4 is 24.1 Å². The summed E-state index contributed by atoms with van der Waals surface area (Å²) in [5, 5.41) is 50.0. The molecule has 21 nitrogen and oxygen atoms in total. The molecule has 2 aliphatic heterocycles. The van der Waals surface area contributed by atoms with Crippen molar-refractivity contribution in [2.24, 2.45) is 23.7 Å². The molecule has 0 radical (unpaired) electrons. The zero-order valence-electron chi connectivity index (χ0n) is 48.4. The number of benzene rings is 2. The molecular formula is C59H90N10O11. The predicted molar refractivity (Wildman–Crippen MR) is 303 cm³/mol. The molecule has 0 spiro atoms. The van der Waals surface area contributed by atoms with Crippen LogP contribution in [0.5, 0.6) is 11.5 Å². The second-order valence-electron chi connectivity index (χ2n) is 23.7. The molecular weight excluding hydrogens is 1020 g/mol. The molecule has 3 unspecified atom stereocenters. The minimum atomic E-state index is -1.35. The highest BCUT2D eigenvalue weighted by atomic mass is 16.6. The van der Waals surface area contributed by atoms with Crippen LogP contribution in [0.4, 0.5) is 0 Å². The second kappa shape index (κ2) is 27.8. The van der Waals surface area contributed by atoms with Crippen molar-refractivity contribution in [1.29, 1.82) is 0 Å². The van der Waals surface area contributed by atoms with Crippen LogP contribution in [0.25, 0.3) is 16.9 Å². The fraction of sp³-hybridized carbons (Fsp3) is 0.678. The molecule has 442 valence electrons. The number of carboxylic acids is 2. The number of epoxide rings is 1. The van der Waals surface area contributed by atoms with Crippen LogP contribution in [0.2, 0.25) is 0 Å². The van der Waals surface area contributed by atoms with E-state index in [1.54, 1.807) is 25.0 Å². The number of aromatic nitrogens is 2. The van der Waals surface area contributed by atoms with E-state index in [-0.39, 0.29) is 48.9 Å². The van der Waals surface area contributed by atoms with E-state index in [1.165, 1.54) is 0 Å². The van der Waals surface area contributed by atoms with Crippen molar-refractivity contribution in [1.82, 2.24) is 49.4 Å². The molecule has 80 heavy (non-hydrogen) atoms. The molecule has 3 atom stereocenters. The first-order valence-corrected chi connectivity index (χ1v) is 29.1. The highest BCUT2D eigenvalue weighted by Crippen LogP contribution is 2.58. The van der Waals surface area contributed by atoms with Crippen molar-refractivity contribution in [2.45, 2.75) is 88.8 Å². The number of nitrogens with zero attached hydrogens (tertiary/aromatic N) is 9. The van der Waals surface area contributed by atoms with E-state index in [0.717, 1.165) is 108 Å². The third-order valence-electron chi connectivity index (χ3n) is 17.9. The number of aliphatic carboxylic acids is 2. The smallest absolute Gasteiger partial charge is 0.330 e. The van der Waals surface area contributed by atoms with Gasteiger partial charge < -0.3 is 49.6 Å². The Kier molecular flexibility index (Phi) is 21.2. The van der Waals surface area contributed by atoms with Gasteiger partial charge in [0.1, 0.15) is 41.9 Å². The number of carboxylic acid groups (broad SMARTS) is 2. The summed E-state index contributed by atoms with van der Waals surface area (Å²) in [6.45, 7) is 14.3. The van der Waals surface area contributed by atoms with Crippen molar-refractivity contribution in [2.75, 3.05) is 147 Å². The standard InChI is InChI=1S/C59H90N10O11/c1-40(2)46-36-43(13-14-48(46)69-49(54-50(78-6)11-8-12-51(54)79-7)37-47(61-69)55(74)60-59(58(76)77)44-32-41-31-42(34-44)35-45(59)33-41)56(75)63(4)17-9-15-62(3)16-10-18-64(5)57-52(80-57)38-67-23-19-65(27-29-70)21-25-68(39-53(72)73)26-22-66(20-24-67)28-30-71/h8,11-14,29,36-37,40-42,44-45,52,56-57,71,75H,9-10,15-28,30-35,38-39H2,1-7H3,(H,60,74)(H,72,73)(H,76,77). The quantitative estimate of drug-likeness (QED) is 0.0418. The average molecular weight is 1120 g/mol. The highest BCUT2D eigenvalue weighted by molar-refractivity contribution is 5.98. The van der Waals surface area contributed by atoms with Crippen molar-refractivity contribution < 1.29 is 53.8 Å². The van der Waals surface area contributed by atoms with E-state index in [4.69, 9.17) is 19.3 Å². The van der Waals surface area contributed by atoms with E-state index in [9.17, 15) is 39.6 Å². The molecule has 6 aliphatic rings. The Hall–Kier alpha value is -5.07. The van der Waals surface area contributed by atoms with Crippen LogP contribution in [-0.2, 0) is 19.1 Å². The number of methoxy groups -OCH3 is 2. The molecule has 4 bridgehead atoms. The molecule has 9 rings (SSSR count). The first kappa shape index (κ1) is 61.0. The number of hydrogen-bond acceptors (Lipinski definition) is 17. The predicted octanol–water partition coefficient (Wildman–Crippen LogP) is 3.48.